The number of hydrogen-bond donors (Lipinski definition) is 3. The lowest BCUT2D eigenvalue weighted by Gasteiger charge is -2.33. The Bertz CT molecular complexity index is 1230. The van der Waals surface area contributed by atoms with E-state index in [0.717, 1.165) is 21.7 Å². The van der Waals surface area contributed by atoms with E-state index in [4.69, 9.17) is 11.3 Å². The summed E-state index contributed by atoms with van der Waals surface area (Å²) in [6.07, 6.45) is 1.77. The highest BCUT2D eigenvalue weighted by Crippen LogP contribution is 2.29. The minimum absolute atomic E-state index is 0.163. The highest BCUT2D eigenvalue weighted by molar-refractivity contribution is 7.13. The van der Waals surface area contributed by atoms with Crippen LogP contribution in [0.15, 0.2) is 34.9 Å². The van der Waals surface area contributed by atoms with Crippen molar-refractivity contribution < 1.29 is 14.4 Å². The van der Waals surface area contributed by atoms with Crippen molar-refractivity contribution in [3.8, 4) is 10.4 Å². The first kappa shape index (κ1) is 31.1. The molecule has 2 heterocycles. The van der Waals surface area contributed by atoms with Gasteiger partial charge in [0.25, 0.3) is 0 Å². The Balaban J connectivity index is 1.68. The topological polar surface area (TPSA) is 166 Å². The van der Waals surface area contributed by atoms with E-state index in [2.05, 4.69) is 25.6 Å². The van der Waals surface area contributed by atoms with Crippen molar-refractivity contribution in [2.24, 2.45) is 16.3 Å². The lowest BCUT2D eigenvalue weighted by atomic mass is 9.86. The van der Waals surface area contributed by atoms with Crippen molar-refractivity contribution in [2.45, 2.75) is 84.5 Å². The summed E-state index contributed by atoms with van der Waals surface area (Å²) in [4.78, 5) is 49.1. The summed E-state index contributed by atoms with van der Waals surface area (Å²) in [5.41, 5.74) is 19.0. The molecule has 4 atom stereocenters. The third kappa shape index (κ3) is 8.03. The first-order valence-electron chi connectivity index (χ1n) is 13.6. The summed E-state index contributed by atoms with van der Waals surface area (Å²) in [5, 5.41) is 9.50. The highest BCUT2D eigenvalue weighted by atomic mass is 32.1. The van der Waals surface area contributed by atoms with Crippen LogP contribution < -0.4 is 16.4 Å². The molecule has 11 nitrogen and oxygen atoms in total. The number of hydrogen-bond acceptors (Lipinski definition) is 7. The third-order valence-corrected chi connectivity index (χ3v) is 8.18. The summed E-state index contributed by atoms with van der Waals surface area (Å²) >= 11 is 1.59. The molecular weight excluding hydrogens is 528 g/mol. The largest absolute Gasteiger partial charge is 0.351 e. The van der Waals surface area contributed by atoms with E-state index in [1.54, 1.807) is 11.3 Å². The van der Waals surface area contributed by atoms with Crippen molar-refractivity contribution in [1.29, 1.82) is 0 Å². The third-order valence-electron chi connectivity index (χ3n) is 7.20. The molecule has 1 saturated heterocycles. The Labute approximate surface area is 239 Å². The highest BCUT2D eigenvalue weighted by Gasteiger charge is 2.43. The Morgan fingerprint density at radius 3 is 2.55 bits per heavy atom. The van der Waals surface area contributed by atoms with Gasteiger partial charge < -0.3 is 21.3 Å². The summed E-state index contributed by atoms with van der Waals surface area (Å²) in [6.45, 7) is 10.1. The maximum absolute atomic E-state index is 13.5. The number of aryl methyl sites for hydroxylation is 1. The van der Waals surface area contributed by atoms with Gasteiger partial charge in [0.2, 0.25) is 17.7 Å². The van der Waals surface area contributed by atoms with Gasteiger partial charge in [0.15, 0.2) is 0 Å². The molecule has 1 aliphatic rings. The fourth-order valence-electron chi connectivity index (χ4n) is 4.69. The van der Waals surface area contributed by atoms with Crippen molar-refractivity contribution in [2.75, 3.05) is 13.1 Å². The number of nitrogens with zero attached hydrogens (tertiary/aromatic N) is 5. The molecule has 0 radical (unpaired) electrons. The van der Waals surface area contributed by atoms with E-state index in [-0.39, 0.29) is 42.8 Å². The molecule has 3 amide bonds. The molecule has 0 aliphatic carbocycles. The van der Waals surface area contributed by atoms with Crippen LogP contribution in [0.1, 0.15) is 70.7 Å². The van der Waals surface area contributed by atoms with Gasteiger partial charge in [-0.15, -0.1) is 11.3 Å². The minimum Gasteiger partial charge on any atom is -0.351 e. The molecule has 0 spiro atoms. The van der Waals surface area contributed by atoms with Gasteiger partial charge in [0, 0.05) is 30.5 Å². The second-order valence-electron chi connectivity index (χ2n) is 11.4. The smallest absolute Gasteiger partial charge is 0.243 e. The van der Waals surface area contributed by atoms with E-state index < -0.39 is 17.5 Å². The van der Waals surface area contributed by atoms with Crippen LogP contribution in [0.4, 0.5) is 0 Å². The maximum atomic E-state index is 13.5. The molecule has 2 aromatic rings. The van der Waals surface area contributed by atoms with Crippen LogP contribution in [0.3, 0.4) is 0 Å². The van der Waals surface area contributed by atoms with Gasteiger partial charge in [0.1, 0.15) is 6.04 Å². The number of rotatable bonds is 11. The molecule has 0 saturated carbocycles. The molecule has 0 bridgehead atoms. The van der Waals surface area contributed by atoms with Gasteiger partial charge in [-0.2, -0.15) is 0 Å². The number of nitrogens with two attached hydrogens (primary N) is 1. The molecule has 1 aliphatic heterocycles. The Morgan fingerprint density at radius 2 is 1.95 bits per heavy atom. The number of amides is 3. The SMILES string of the molecule is Cc1ncsc1-c1ccc(C(C)NC(=O)[C@@H]2C[C@@H](NC(=O)CCCCN=[N+]=[N-])CN2C(=O)C(N)C(C)(C)C)cc1. The van der Waals surface area contributed by atoms with Crippen LogP contribution in [-0.4, -0.2) is 58.8 Å². The number of likely N-dealkylation sites (tertiary alicyclic amines) is 1. The number of benzene rings is 1. The zero-order valence-corrected chi connectivity index (χ0v) is 24.7. The minimum atomic E-state index is -0.793. The molecule has 12 heteroatoms. The average Bonchev–Trinajstić information content (AvgIpc) is 3.53. The summed E-state index contributed by atoms with van der Waals surface area (Å²) in [5.74, 6) is -0.754. The molecule has 1 aromatic carbocycles. The number of nitrogens with one attached hydrogen (secondary N) is 2. The average molecular weight is 569 g/mol. The number of carbonyl (C=O) groups excluding carboxylic acids is 3. The lowest BCUT2D eigenvalue weighted by Crippen LogP contribution is -2.55. The predicted octanol–water partition coefficient (Wildman–Crippen LogP) is 4.24. The summed E-state index contributed by atoms with van der Waals surface area (Å²) in [7, 11) is 0. The van der Waals surface area contributed by atoms with Crippen LogP contribution in [0, 0.1) is 12.3 Å². The second-order valence-corrected chi connectivity index (χ2v) is 12.2. The normalized spacial score (nSPS) is 18.5. The Morgan fingerprint density at radius 1 is 1.25 bits per heavy atom. The Kier molecular flexibility index (Phi) is 10.7. The molecule has 3 rings (SSSR count). The van der Waals surface area contributed by atoms with Crippen LogP contribution >= 0.6 is 11.3 Å². The van der Waals surface area contributed by atoms with Gasteiger partial charge in [-0.1, -0.05) is 50.2 Å². The zero-order chi connectivity index (χ0) is 29.4. The first-order valence-corrected chi connectivity index (χ1v) is 14.5. The van der Waals surface area contributed by atoms with Gasteiger partial charge in [-0.05, 0) is 55.2 Å². The fraction of sp³-hybridized carbons (Fsp3) is 0.571. The second kappa shape index (κ2) is 13.7. The molecule has 1 fully saturated rings. The predicted molar refractivity (Wildman–Crippen MR) is 156 cm³/mol. The van der Waals surface area contributed by atoms with Crippen LogP contribution in [0.2, 0.25) is 0 Å². The molecule has 1 aromatic heterocycles. The fourth-order valence-corrected chi connectivity index (χ4v) is 5.50. The van der Waals surface area contributed by atoms with Gasteiger partial charge in [-0.3, -0.25) is 14.4 Å². The van der Waals surface area contributed by atoms with E-state index in [1.807, 2.05) is 64.4 Å². The monoisotopic (exact) mass is 568 g/mol. The zero-order valence-electron chi connectivity index (χ0n) is 23.9. The van der Waals surface area contributed by atoms with E-state index >= 15 is 0 Å². The van der Waals surface area contributed by atoms with Crippen LogP contribution in [-0.2, 0) is 14.4 Å². The van der Waals surface area contributed by atoms with Crippen molar-refractivity contribution in [1.82, 2.24) is 20.5 Å². The number of aromatic nitrogens is 1. The standard InChI is InChI=1S/C28H40N8O3S/c1-17(19-9-11-20(12-10-19)24-18(2)31-16-40-24)33-26(38)22-14-21(34-23(37)8-6-7-13-32-35-30)15-36(22)27(39)25(29)28(3,4)5/h9-12,16-17,21-22,25H,6-8,13-15,29H2,1-5H3,(H,33,38)(H,34,37)/t17?,21-,22+,25?/m1/s1. The molecule has 4 N–H and O–H groups in total. The number of thiazole rings is 1. The lowest BCUT2D eigenvalue weighted by molar-refractivity contribution is -0.141. The number of unbranched alkanes of at least 4 members (excludes halogenated alkanes) is 1. The van der Waals surface area contributed by atoms with Gasteiger partial charge in [0.05, 0.1) is 28.2 Å². The van der Waals surface area contributed by atoms with Gasteiger partial charge in [-0.25, -0.2) is 4.98 Å². The number of azide groups is 1. The first-order chi connectivity index (χ1) is 18.9. The van der Waals surface area contributed by atoms with E-state index in [9.17, 15) is 14.4 Å². The quantitative estimate of drug-likeness (QED) is 0.159. The summed E-state index contributed by atoms with van der Waals surface area (Å²) < 4.78 is 0. The van der Waals surface area contributed by atoms with Crippen LogP contribution in [0.25, 0.3) is 20.9 Å². The molecular formula is C28H40N8O3S. The van der Waals surface area contributed by atoms with Crippen LogP contribution in [0.5, 0.6) is 0 Å². The van der Waals surface area contributed by atoms with E-state index in [0.29, 0.717) is 25.8 Å². The van der Waals surface area contributed by atoms with Gasteiger partial charge >= 0.3 is 0 Å². The van der Waals surface area contributed by atoms with Crippen molar-refractivity contribution in [3.63, 3.8) is 0 Å². The summed E-state index contributed by atoms with van der Waals surface area (Å²) in [6, 6.07) is 5.80. The van der Waals surface area contributed by atoms with E-state index in [1.165, 1.54) is 4.90 Å². The molecule has 216 valence electrons. The van der Waals surface area contributed by atoms with Crippen molar-refractivity contribution >= 4 is 29.1 Å². The molecule has 2 unspecified atom stereocenters. The molecule has 40 heavy (non-hydrogen) atoms. The maximum Gasteiger partial charge on any atom is 0.243 e. The Hall–Kier alpha value is -3.47. The number of carbonyl (C=O) groups is 3. The van der Waals surface area contributed by atoms with Crippen molar-refractivity contribution in [3.05, 3.63) is 51.5 Å².